The Morgan fingerprint density at radius 2 is 2.00 bits per heavy atom. The summed E-state index contributed by atoms with van der Waals surface area (Å²) in [5.74, 6) is 0. The fraction of sp³-hybridized carbons (Fsp3) is 0.188. The number of urea groups is 1. The van der Waals surface area contributed by atoms with Crippen molar-refractivity contribution in [2.45, 2.75) is 0 Å². The van der Waals surface area contributed by atoms with E-state index in [-0.39, 0.29) is 19.2 Å². The lowest BCUT2D eigenvalue weighted by Crippen LogP contribution is -2.37. The Morgan fingerprint density at radius 3 is 2.75 bits per heavy atom. The second-order valence-electron chi connectivity index (χ2n) is 4.42. The van der Waals surface area contributed by atoms with E-state index in [9.17, 15) is 4.79 Å². The highest BCUT2D eigenvalue weighted by molar-refractivity contribution is 6.01. The number of benzene rings is 2. The molecule has 0 aliphatic carbocycles. The van der Waals surface area contributed by atoms with Crippen LogP contribution in [-0.2, 0) is 0 Å². The first-order chi connectivity index (χ1) is 9.76. The van der Waals surface area contributed by atoms with Crippen molar-refractivity contribution in [3.05, 3.63) is 55.1 Å². The molecule has 0 bridgehead atoms. The molecule has 0 unspecified atom stereocenters. The van der Waals surface area contributed by atoms with Crippen LogP contribution in [0, 0.1) is 0 Å². The third-order valence-corrected chi connectivity index (χ3v) is 3.04. The molecule has 0 fully saturated rings. The molecule has 2 aromatic carbocycles. The van der Waals surface area contributed by atoms with Gasteiger partial charge in [0.05, 0.1) is 12.3 Å². The van der Waals surface area contributed by atoms with Crippen LogP contribution in [0.5, 0.6) is 0 Å². The van der Waals surface area contributed by atoms with Gasteiger partial charge in [-0.1, -0.05) is 42.5 Å². The van der Waals surface area contributed by atoms with Gasteiger partial charge in [0.1, 0.15) is 0 Å². The maximum Gasteiger partial charge on any atom is 0.322 e. The Bertz CT molecular complexity index is 605. The van der Waals surface area contributed by atoms with Crippen LogP contribution in [0.3, 0.4) is 0 Å². The van der Waals surface area contributed by atoms with Gasteiger partial charge in [-0.15, -0.1) is 6.58 Å². The predicted octanol–water partition coefficient (Wildman–Crippen LogP) is 2.85. The average molecular weight is 270 g/mol. The maximum absolute atomic E-state index is 12.2. The number of hydrogen-bond donors (Lipinski definition) is 2. The number of rotatable bonds is 5. The van der Waals surface area contributed by atoms with Crippen molar-refractivity contribution in [3.63, 3.8) is 0 Å². The molecule has 0 aliphatic rings. The van der Waals surface area contributed by atoms with Crippen molar-refractivity contribution >= 4 is 22.5 Å². The summed E-state index contributed by atoms with van der Waals surface area (Å²) in [5, 5.41) is 13.9. The maximum atomic E-state index is 12.2. The molecule has 4 heteroatoms. The molecule has 0 atom stereocenters. The Labute approximate surface area is 118 Å². The number of nitrogens with zero attached hydrogens (tertiary/aromatic N) is 1. The molecule has 0 saturated heterocycles. The molecule has 2 rings (SSSR count). The normalized spacial score (nSPS) is 10.2. The van der Waals surface area contributed by atoms with Gasteiger partial charge in [-0.25, -0.2) is 4.79 Å². The summed E-state index contributed by atoms with van der Waals surface area (Å²) in [4.78, 5) is 13.7. The van der Waals surface area contributed by atoms with Crippen molar-refractivity contribution in [1.82, 2.24) is 4.90 Å². The Kier molecular flexibility index (Phi) is 4.74. The molecule has 0 aliphatic heterocycles. The van der Waals surface area contributed by atoms with Crippen molar-refractivity contribution in [1.29, 1.82) is 0 Å². The number of carbonyl (C=O) groups is 1. The number of nitrogens with one attached hydrogen (secondary N) is 1. The summed E-state index contributed by atoms with van der Waals surface area (Å²) in [5.41, 5.74) is 0.764. The van der Waals surface area contributed by atoms with Crippen molar-refractivity contribution < 1.29 is 9.90 Å². The van der Waals surface area contributed by atoms with E-state index in [1.54, 1.807) is 6.08 Å². The molecule has 0 saturated carbocycles. The van der Waals surface area contributed by atoms with E-state index >= 15 is 0 Å². The Hall–Kier alpha value is -2.33. The zero-order valence-electron chi connectivity index (χ0n) is 11.2. The van der Waals surface area contributed by atoms with E-state index in [1.165, 1.54) is 4.90 Å². The third-order valence-electron chi connectivity index (χ3n) is 3.04. The van der Waals surface area contributed by atoms with Crippen LogP contribution in [0.25, 0.3) is 10.8 Å². The lowest BCUT2D eigenvalue weighted by molar-refractivity contribution is 0.195. The SMILES string of the molecule is C=CCN(CCO)C(=O)Nc1cccc2ccccc12. The quantitative estimate of drug-likeness (QED) is 0.821. The highest BCUT2D eigenvalue weighted by atomic mass is 16.3. The van der Waals surface area contributed by atoms with Gasteiger partial charge < -0.3 is 15.3 Å². The number of carbonyl (C=O) groups excluding carboxylic acids is 1. The van der Waals surface area contributed by atoms with Crippen LogP contribution in [0.15, 0.2) is 55.1 Å². The van der Waals surface area contributed by atoms with E-state index in [1.807, 2.05) is 42.5 Å². The van der Waals surface area contributed by atoms with Crippen LogP contribution >= 0.6 is 0 Å². The molecule has 20 heavy (non-hydrogen) atoms. The summed E-state index contributed by atoms with van der Waals surface area (Å²) in [6.07, 6.45) is 1.64. The summed E-state index contributed by atoms with van der Waals surface area (Å²) >= 11 is 0. The molecule has 2 N–H and O–H groups in total. The molecule has 2 aromatic rings. The number of amides is 2. The molecule has 4 nitrogen and oxygen atoms in total. The minimum Gasteiger partial charge on any atom is -0.395 e. The van der Waals surface area contributed by atoms with Crippen molar-refractivity contribution in [3.8, 4) is 0 Å². The summed E-state index contributed by atoms with van der Waals surface area (Å²) in [6, 6.07) is 13.4. The van der Waals surface area contributed by atoms with Gasteiger partial charge in [-0.3, -0.25) is 0 Å². The molecular formula is C16H18N2O2. The molecule has 104 valence electrons. The van der Waals surface area contributed by atoms with Crippen LogP contribution in [0.4, 0.5) is 10.5 Å². The fourth-order valence-corrected chi connectivity index (χ4v) is 2.08. The van der Waals surface area contributed by atoms with Crippen LogP contribution < -0.4 is 5.32 Å². The number of anilines is 1. The number of aliphatic hydroxyl groups is 1. The second kappa shape index (κ2) is 6.73. The Morgan fingerprint density at radius 1 is 1.25 bits per heavy atom. The van der Waals surface area contributed by atoms with Gasteiger partial charge in [-0.05, 0) is 11.5 Å². The molecule has 0 radical (unpaired) electrons. The Balaban J connectivity index is 2.22. The zero-order valence-corrected chi connectivity index (χ0v) is 11.2. The fourth-order valence-electron chi connectivity index (χ4n) is 2.08. The van der Waals surface area contributed by atoms with Crippen LogP contribution in [0.1, 0.15) is 0 Å². The highest BCUT2D eigenvalue weighted by Crippen LogP contribution is 2.23. The van der Waals surface area contributed by atoms with E-state index in [0.29, 0.717) is 6.54 Å². The first-order valence-corrected chi connectivity index (χ1v) is 6.51. The number of hydrogen-bond acceptors (Lipinski definition) is 2. The summed E-state index contributed by atoms with van der Waals surface area (Å²) in [7, 11) is 0. The second-order valence-corrected chi connectivity index (χ2v) is 4.42. The van der Waals surface area contributed by atoms with Gasteiger partial charge in [0, 0.05) is 18.5 Å². The van der Waals surface area contributed by atoms with Crippen LogP contribution in [0.2, 0.25) is 0 Å². The van der Waals surface area contributed by atoms with E-state index in [4.69, 9.17) is 5.11 Å². The highest BCUT2D eigenvalue weighted by Gasteiger charge is 2.12. The standard InChI is InChI=1S/C16H18N2O2/c1-2-10-18(11-12-19)16(20)17-15-9-5-7-13-6-3-4-8-14(13)15/h2-9,19H,1,10-12H2,(H,17,20). The molecule has 0 aromatic heterocycles. The van der Waals surface area contributed by atoms with E-state index in [2.05, 4.69) is 11.9 Å². The summed E-state index contributed by atoms with van der Waals surface area (Å²) in [6.45, 7) is 4.23. The first-order valence-electron chi connectivity index (χ1n) is 6.51. The topological polar surface area (TPSA) is 52.6 Å². The van der Waals surface area contributed by atoms with Gasteiger partial charge in [0.15, 0.2) is 0 Å². The van der Waals surface area contributed by atoms with Crippen LogP contribution in [-0.4, -0.2) is 35.7 Å². The van der Waals surface area contributed by atoms with E-state index < -0.39 is 0 Å². The number of fused-ring (bicyclic) bond motifs is 1. The minimum absolute atomic E-state index is 0.0726. The smallest absolute Gasteiger partial charge is 0.322 e. The minimum atomic E-state index is -0.240. The van der Waals surface area contributed by atoms with Gasteiger partial charge in [-0.2, -0.15) is 0 Å². The van der Waals surface area contributed by atoms with Crippen molar-refractivity contribution in [2.75, 3.05) is 25.0 Å². The molecule has 2 amide bonds. The molecule has 0 spiro atoms. The molecule has 0 heterocycles. The first kappa shape index (κ1) is 14.1. The van der Waals surface area contributed by atoms with Crippen molar-refractivity contribution in [2.24, 2.45) is 0 Å². The largest absolute Gasteiger partial charge is 0.395 e. The average Bonchev–Trinajstić information content (AvgIpc) is 2.47. The van der Waals surface area contributed by atoms with E-state index in [0.717, 1.165) is 16.5 Å². The van der Waals surface area contributed by atoms with Gasteiger partial charge in [0.2, 0.25) is 0 Å². The monoisotopic (exact) mass is 270 g/mol. The zero-order chi connectivity index (χ0) is 14.4. The lowest BCUT2D eigenvalue weighted by Gasteiger charge is -2.21. The molecular weight excluding hydrogens is 252 g/mol. The predicted molar refractivity (Wildman–Crippen MR) is 81.8 cm³/mol. The van der Waals surface area contributed by atoms with Gasteiger partial charge >= 0.3 is 6.03 Å². The number of aliphatic hydroxyl groups excluding tert-OH is 1. The lowest BCUT2D eigenvalue weighted by atomic mass is 10.1. The summed E-state index contributed by atoms with van der Waals surface area (Å²) < 4.78 is 0. The van der Waals surface area contributed by atoms with Gasteiger partial charge in [0.25, 0.3) is 0 Å². The third kappa shape index (κ3) is 3.16.